The van der Waals surface area contributed by atoms with Crippen molar-refractivity contribution in [2.75, 3.05) is 24.3 Å². The second kappa shape index (κ2) is 5.72. The molecule has 0 aliphatic carbocycles. The van der Waals surface area contributed by atoms with E-state index in [1.165, 1.54) is 6.26 Å². The van der Waals surface area contributed by atoms with Gasteiger partial charge in [0.25, 0.3) is 11.8 Å². The van der Waals surface area contributed by atoms with Crippen LogP contribution in [0.25, 0.3) is 11.7 Å². The Morgan fingerprint density at radius 1 is 1.14 bits per heavy atom. The first-order valence-corrected chi connectivity index (χ1v) is 6.59. The van der Waals surface area contributed by atoms with Gasteiger partial charge in [0, 0.05) is 25.3 Å². The summed E-state index contributed by atoms with van der Waals surface area (Å²) < 4.78 is 10.5. The Bertz CT molecular complexity index is 760. The fraction of sp³-hybridized carbons (Fsp3) is 0.133. The third-order valence-electron chi connectivity index (χ3n) is 3.02. The lowest BCUT2D eigenvalue weighted by atomic mass is 10.2. The molecule has 0 atom stereocenters. The van der Waals surface area contributed by atoms with E-state index < -0.39 is 0 Å². The summed E-state index contributed by atoms with van der Waals surface area (Å²) in [7, 11) is 3.87. The molecule has 7 nitrogen and oxygen atoms in total. The minimum absolute atomic E-state index is 0.0214. The Morgan fingerprint density at radius 3 is 2.55 bits per heavy atom. The summed E-state index contributed by atoms with van der Waals surface area (Å²) >= 11 is 0. The SMILES string of the molecule is CN(C)c1ccc(C(=O)Nc2nnc(-c3ccco3)o2)cc1. The molecule has 0 bridgehead atoms. The predicted molar refractivity (Wildman–Crippen MR) is 80.7 cm³/mol. The van der Waals surface area contributed by atoms with Crippen LogP contribution in [0.15, 0.2) is 51.5 Å². The average molecular weight is 298 g/mol. The number of hydrogen-bond donors (Lipinski definition) is 1. The number of carbonyl (C=O) groups excluding carboxylic acids is 1. The summed E-state index contributed by atoms with van der Waals surface area (Å²) in [6, 6.07) is 10.6. The second-order valence-electron chi connectivity index (χ2n) is 4.79. The quantitative estimate of drug-likeness (QED) is 0.797. The minimum atomic E-state index is -0.319. The number of rotatable bonds is 4. The number of aromatic nitrogens is 2. The molecule has 0 saturated heterocycles. The van der Waals surface area contributed by atoms with Crippen molar-refractivity contribution in [2.45, 2.75) is 0 Å². The molecule has 0 spiro atoms. The number of nitrogens with one attached hydrogen (secondary N) is 1. The van der Waals surface area contributed by atoms with E-state index >= 15 is 0 Å². The number of hydrogen-bond acceptors (Lipinski definition) is 6. The normalized spacial score (nSPS) is 10.5. The molecule has 0 aliphatic heterocycles. The summed E-state index contributed by atoms with van der Waals surface area (Å²) in [5, 5.41) is 10.1. The number of amides is 1. The number of furan rings is 1. The van der Waals surface area contributed by atoms with Gasteiger partial charge < -0.3 is 13.7 Å². The number of carbonyl (C=O) groups is 1. The number of benzene rings is 1. The summed E-state index contributed by atoms with van der Waals surface area (Å²) in [6.07, 6.45) is 1.50. The molecular formula is C15H14N4O3. The van der Waals surface area contributed by atoms with E-state index in [-0.39, 0.29) is 17.8 Å². The van der Waals surface area contributed by atoms with E-state index in [9.17, 15) is 4.79 Å². The Kier molecular flexibility index (Phi) is 3.61. The summed E-state index contributed by atoms with van der Waals surface area (Å²) in [4.78, 5) is 14.1. The molecule has 3 rings (SSSR count). The van der Waals surface area contributed by atoms with Gasteiger partial charge in [0.2, 0.25) is 0 Å². The van der Waals surface area contributed by atoms with Gasteiger partial charge in [-0.05, 0) is 36.4 Å². The minimum Gasteiger partial charge on any atom is -0.459 e. The maximum absolute atomic E-state index is 12.1. The van der Waals surface area contributed by atoms with Crippen molar-refractivity contribution in [3.05, 3.63) is 48.2 Å². The van der Waals surface area contributed by atoms with Crippen molar-refractivity contribution >= 4 is 17.6 Å². The highest BCUT2D eigenvalue weighted by Gasteiger charge is 2.14. The van der Waals surface area contributed by atoms with Crippen molar-refractivity contribution in [1.29, 1.82) is 0 Å². The molecule has 1 N–H and O–H groups in total. The summed E-state index contributed by atoms with van der Waals surface area (Å²) in [5.74, 6) is 0.339. The number of anilines is 2. The molecule has 3 aromatic rings. The molecule has 1 aromatic carbocycles. The fourth-order valence-electron chi connectivity index (χ4n) is 1.85. The maximum atomic E-state index is 12.1. The zero-order valence-electron chi connectivity index (χ0n) is 12.1. The molecule has 1 amide bonds. The molecule has 112 valence electrons. The van der Waals surface area contributed by atoms with Crippen LogP contribution < -0.4 is 10.2 Å². The second-order valence-corrected chi connectivity index (χ2v) is 4.79. The fourth-order valence-corrected chi connectivity index (χ4v) is 1.85. The van der Waals surface area contributed by atoms with Gasteiger partial charge in [0.15, 0.2) is 5.76 Å². The van der Waals surface area contributed by atoms with Crippen molar-refractivity contribution in [3.63, 3.8) is 0 Å². The molecule has 2 aromatic heterocycles. The summed E-state index contributed by atoms with van der Waals surface area (Å²) in [6.45, 7) is 0. The third-order valence-corrected chi connectivity index (χ3v) is 3.02. The molecule has 7 heteroatoms. The van der Waals surface area contributed by atoms with Crippen LogP contribution in [0.3, 0.4) is 0 Å². The van der Waals surface area contributed by atoms with Gasteiger partial charge in [-0.25, -0.2) is 0 Å². The lowest BCUT2D eigenvalue weighted by Crippen LogP contribution is -2.13. The Morgan fingerprint density at radius 2 is 1.91 bits per heavy atom. The smallest absolute Gasteiger partial charge is 0.322 e. The molecular weight excluding hydrogens is 284 g/mol. The van der Waals surface area contributed by atoms with E-state index in [2.05, 4.69) is 15.5 Å². The first kappa shape index (κ1) is 13.9. The molecule has 0 fully saturated rings. The van der Waals surface area contributed by atoms with Gasteiger partial charge in [-0.1, -0.05) is 5.10 Å². The lowest BCUT2D eigenvalue weighted by molar-refractivity contribution is 0.102. The maximum Gasteiger partial charge on any atom is 0.322 e. The van der Waals surface area contributed by atoms with E-state index in [1.807, 2.05) is 31.1 Å². The lowest BCUT2D eigenvalue weighted by Gasteiger charge is -2.12. The predicted octanol–water partition coefficient (Wildman–Crippen LogP) is 2.65. The molecule has 0 aliphatic rings. The zero-order valence-corrected chi connectivity index (χ0v) is 12.1. The van der Waals surface area contributed by atoms with E-state index in [0.29, 0.717) is 11.3 Å². The van der Waals surface area contributed by atoms with E-state index in [1.54, 1.807) is 24.3 Å². The first-order valence-electron chi connectivity index (χ1n) is 6.59. The van der Waals surface area contributed by atoms with Gasteiger partial charge in [-0.3, -0.25) is 10.1 Å². The standard InChI is InChI=1S/C15H14N4O3/c1-19(2)11-7-5-10(6-8-11)13(20)16-15-18-17-14(22-15)12-4-3-9-21-12/h3-9H,1-2H3,(H,16,18,20). The van der Waals surface area contributed by atoms with Crippen LogP contribution in [0.5, 0.6) is 0 Å². The van der Waals surface area contributed by atoms with E-state index in [4.69, 9.17) is 8.83 Å². The summed E-state index contributed by atoms with van der Waals surface area (Å²) in [5.41, 5.74) is 1.51. The van der Waals surface area contributed by atoms with E-state index in [0.717, 1.165) is 5.69 Å². The molecule has 22 heavy (non-hydrogen) atoms. The number of nitrogens with zero attached hydrogens (tertiary/aromatic N) is 3. The van der Waals surface area contributed by atoms with Crippen LogP contribution in [0, 0.1) is 0 Å². The molecule has 0 unspecified atom stereocenters. The van der Waals surface area contributed by atoms with Gasteiger partial charge in [0.1, 0.15) is 0 Å². The van der Waals surface area contributed by atoms with Crippen LogP contribution in [0.4, 0.5) is 11.7 Å². The van der Waals surface area contributed by atoms with Crippen LogP contribution in [0.1, 0.15) is 10.4 Å². The highest BCUT2D eigenvalue weighted by Crippen LogP contribution is 2.20. The van der Waals surface area contributed by atoms with Crippen molar-refractivity contribution in [2.24, 2.45) is 0 Å². The van der Waals surface area contributed by atoms with Crippen LogP contribution in [-0.4, -0.2) is 30.2 Å². The van der Waals surface area contributed by atoms with Gasteiger partial charge in [-0.15, -0.1) is 5.10 Å². The molecule has 0 saturated carbocycles. The molecule has 2 heterocycles. The Labute approximate surface area is 126 Å². The van der Waals surface area contributed by atoms with Crippen molar-refractivity contribution in [1.82, 2.24) is 10.2 Å². The van der Waals surface area contributed by atoms with Crippen LogP contribution in [-0.2, 0) is 0 Å². The largest absolute Gasteiger partial charge is 0.459 e. The monoisotopic (exact) mass is 298 g/mol. The van der Waals surface area contributed by atoms with Gasteiger partial charge >= 0.3 is 6.01 Å². The first-order chi connectivity index (χ1) is 10.6. The van der Waals surface area contributed by atoms with Gasteiger partial charge in [-0.2, -0.15) is 0 Å². The van der Waals surface area contributed by atoms with Crippen LogP contribution >= 0.6 is 0 Å². The van der Waals surface area contributed by atoms with Crippen LogP contribution in [0.2, 0.25) is 0 Å². The Balaban J connectivity index is 1.71. The highest BCUT2D eigenvalue weighted by atomic mass is 16.4. The van der Waals surface area contributed by atoms with Gasteiger partial charge in [0.05, 0.1) is 6.26 Å². The third kappa shape index (κ3) is 2.83. The van der Waals surface area contributed by atoms with Crippen molar-refractivity contribution in [3.8, 4) is 11.7 Å². The molecule has 0 radical (unpaired) electrons. The highest BCUT2D eigenvalue weighted by molar-refractivity contribution is 6.03. The zero-order chi connectivity index (χ0) is 15.5. The Hall–Kier alpha value is -3.09. The van der Waals surface area contributed by atoms with Crippen molar-refractivity contribution < 1.29 is 13.6 Å². The average Bonchev–Trinajstić information content (AvgIpc) is 3.18. The topological polar surface area (TPSA) is 84.4 Å².